The monoisotopic (exact) mass is 473 g/mol. The maximum atomic E-state index is 10.1. The molecule has 35 heavy (non-hydrogen) atoms. The third-order valence-electron chi connectivity index (χ3n) is 5.67. The van der Waals surface area contributed by atoms with Crippen molar-refractivity contribution in [2.45, 2.75) is 32.4 Å². The highest BCUT2D eigenvalue weighted by atomic mass is 16.5. The van der Waals surface area contributed by atoms with Gasteiger partial charge in [0.25, 0.3) is 5.89 Å². The van der Waals surface area contributed by atoms with E-state index in [9.17, 15) is 10.1 Å². The zero-order valence-corrected chi connectivity index (χ0v) is 19.4. The molecule has 3 aromatic heterocycles. The molecule has 0 amide bonds. The van der Waals surface area contributed by atoms with Gasteiger partial charge in [-0.3, -0.25) is 0 Å². The smallest absolute Gasteiger partial charge is 0.423 e. The highest BCUT2D eigenvalue weighted by molar-refractivity contribution is 6.61. The summed E-state index contributed by atoms with van der Waals surface area (Å²) in [7, 11) is -1.06. The minimum Gasteiger partial charge on any atom is -0.423 e. The minimum atomic E-state index is -1.06. The van der Waals surface area contributed by atoms with E-state index in [-0.39, 0.29) is 12.6 Å². The lowest BCUT2D eigenvalue weighted by atomic mass is 9.82. The molecule has 0 fully saturated rings. The number of pyridine rings is 1. The first-order chi connectivity index (χ1) is 16.8. The van der Waals surface area contributed by atoms with E-state index in [0.29, 0.717) is 46.0 Å². The number of rotatable bonds is 7. The summed E-state index contributed by atoms with van der Waals surface area (Å²) in [6.07, 6.45) is 3.14. The molecule has 0 radical (unpaired) electrons. The molecule has 0 saturated carbocycles. The first-order valence-corrected chi connectivity index (χ1v) is 11.1. The van der Waals surface area contributed by atoms with Crippen LogP contribution in [-0.2, 0) is 10.3 Å². The molecule has 11 nitrogen and oxygen atoms in total. The number of hydrogen-bond acceptors (Lipinski definition) is 11. The molecule has 1 aliphatic rings. The second-order valence-corrected chi connectivity index (χ2v) is 8.63. The molecule has 0 bridgehead atoms. The van der Waals surface area contributed by atoms with Gasteiger partial charge in [0.15, 0.2) is 0 Å². The number of benzene rings is 1. The molecule has 1 aliphatic heterocycles. The van der Waals surface area contributed by atoms with Gasteiger partial charge >= 0.3 is 7.12 Å². The van der Waals surface area contributed by atoms with E-state index >= 15 is 0 Å². The number of aliphatic hydroxyl groups is 1. The molecular weight excluding hydrogens is 449 g/mol. The number of nitrogens with zero attached hydrogens (tertiary/aromatic N) is 5. The fourth-order valence-corrected chi connectivity index (χ4v) is 3.95. The lowest BCUT2D eigenvalue weighted by Gasteiger charge is -2.20. The van der Waals surface area contributed by atoms with Crippen molar-refractivity contribution in [3.8, 4) is 11.5 Å². The van der Waals surface area contributed by atoms with Gasteiger partial charge in [0.2, 0.25) is 11.8 Å². The Kier molecular flexibility index (Phi) is 5.93. The molecule has 1 aromatic carbocycles. The number of fused-ring (bicyclic) bond motifs is 1. The quantitative estimate of drug-likeness (QED) is 0.292. The maximum Gasteiger partial charge on any atom is 0.495 e. The van der Waals surface area contributed by atoms with Crippen molar-refractivity contribution < 1.29 is 19.2 Å². The summed E-state index contributed by atoms with van der Waals surface area (Å²) in [5, 5.41) is 34.7. The summed E-state index contributed by atoms with van der Waals surface area (Å²) < 4.78 is 11.2. The second-order valence-electron chi connectivity index (χ2n) is 8.63. The number of aliphatic hydroxyl groups excluding tert-OH is 1. The first-order valence-electron chi connectivity index (χ1n) is 11.1. The van der Waals surface area contributed by atoms with E-state index in [0.717, 1.165) is 5.56 Å². The minimum absolute atomic E-state index is 0.136. The standard InChI is InChI=1S/C23H24BN7O4/c1-13-30-31-21(34-13)15-10-25-19(9-17(15)27-18(12-32)14-7-5-4-6-8-14)28-22-26-11-16-20(29-22)23(2,3)35-24(16)33/h4-11,18,32-33H,12H2,1-3H3,(H2,25,26,27,28,29)/t18-/m1/s1. The second kappa shape index (κ2) is 9.06. The molecule has 178 valence electrons. The van der Waals surface area contributed by atoms with Crippen molar-refractivity contribution in [3.05, 3.63) is 65.9 Å². The van der Waals surface area contributed by atoms with Crippen LogP contribution in [0.25, 0.3) is 11.5 Å². The van der Waals surface area contributed by atoms with Crippen molar-refractivity contribution in [3.63, 3.8) is 0 Å². The normalized spacial score (nSPS) is 15.1. The summed E-state index contributed by atoms with van der Waals surface area (Å²) >= 11 is 0. The van der Waals surface area contributed by atoms with Gasteiger partial charge < -0.3 is 29.8 Å². The summed E-state index contributed by atoms with van der Waals surface area (Å²) in [6.45, 7) is 5.24. The Bertz CT molecular complexity index is 1350. The molecule has 4 N–H and O–H groups in total. The van der Waals surface area contributed by atoms with Crippen LogP contribution >= 0.6 is 0 Å². The van der Waals surface area contributed by atoms with Gasteiger partial charge in [-0.15, -0.1) is 10.2 Å². The fourth-order valence-electron chi connectivity index (χ4n) is 3.95. The highest BCUT2D eigenvalue weighted by Crippen LogP contribution is 2.33. The van der Waals surface area contributed by atoms with Gasteiger partial charge in [-0.25, -0.2) is 15.0 Å². The molecule has 12 heteroatoms. The summed E-state index contributed by atoms with van der Waals surface area (Å²) in [5.41, 5.74) is 2.50. The molecular formula is C23H24BN7O4. The molecule has 0 aliphatic carbocycles. The van der Waals surface area contributed by atoms with Crippen LogP contribution in [0.4, 0.5) is 17.5 Å². The van der Waals surface area contributed by atoms with Gasteiger partial charge in [0, 0.05) is 30.8 Å². The zero-order valence-electron chi connectivity index (χ0n) is 19.4. The Hall–Kier alpha value is -3.87. The SMILES string of the molecule is Cc1nnc(-c2cnc(Nc3ncc4c(n3)C(C)(C)OB4O)cc2N[C@H](CO)c2ccccc2)o1. The van der Waals surface area contributed by atoms with E-state index in [1.165, 1.54) is 6.20 Å². The van der Waals surface area contributed by atoms with Crippen LogP contribution in [0.5, 0.6) is 0 Å². The van der Waals surface area contributed by atoms with Crippen molar-refractivity contribution >= 4 is 30.0 Å². The van der Waals surface area contributed by atoms with Gasteiger partial charge in [-0.1, -0.05) is 30.3 Å². The molecule has 0 saturated heterocycles. The highest BCUT2D eigenvalue weighted by Gasteiger charge is 2.42. The Morgan fingerprint density at radius 3 is 2.63 bits per heavy atom. The van der Waals surface area contributed by atoms with Gasteiger partial charge in [0.05, 0.1) is 35.2 Å². The van der Waals surface area contributed by atoms with Crippen LogP contribution < -0.4 is 16.1 Å². The number of aryl methyl sites for hydroxylation is 1. The molecule has 0 spiro atoms. The van der Waals surface area contributed by atoms with Crippen molar-refractivity contribution in [1.29, 1.82) is 0 Å². The van der Waals surface area contributed by atoms with Gasteiger partial charge in [0.1, 0.15) is 5.82 Å². The van der Waals surface area contributed by atoms with Crippen molar-refractivity contribution in [1.82, 2.24) is 25.1 Å². The Morgan fingerprint density at radius 2 is 1.91 bits per heavy atom. The van der Waals surface area contributed by atoms with E-state index in [2.05, 4.69) is 35.8 Å². The molecule has 0 unspecified atom stereocenters. The summed E-state index contributed by atoms with van der Waals surface area (Å²) in [6, 6.07) is 11.0. The van der Waals surface area contributed by atoms with E-state index in [1.54, 1.807) is 19.2 Å². The van der Waals surface area contributed by atoms with Crippen LogP contribution in [0.2, 0.25) is 0 Å². The average molecular weight is 473 g/mol. The number of aromatic nitrogens is 5. The van der Waals surface area contributed by atoms with Crippen LogP contribution in [0.1, 0.15) is 37.0 Å². The predicted octanol–water partition coefficient (Wildman–Crippen LogP) is 2.07. The molecule has 4 heterocycles. The Morgan fingerprint density at radius 1 is 1.11 bits per heavy atom. The Labute approximate surface area is 201 Å². The molecule has 5 rings (SSSR count). The molecule has 4 aromatic rings. The van der Waals surface area contributed by atoms with Crippen molar-refractivity contribution in [2.24, 2.45) is 0 Å². The third-order valence-corrected chi connectivity index (χ3v) is 5.67. The van der Waals surface area contributed by atoms with E-state index < -0.39 is 12.7 Å². The van der Waals surface area contributed by atoms with Crippen molar-refractivity contribution in [2.75, 3.05) is 17.2 Å². The number of nitrogens with one attached hydrogen (secondary N) is 2. The largest absolute Gasteiger partial charge is 0.495 e. The maximum absolute atomic E-state index is 10.1. The zero-order chi connectivity index (χ0) is 24.6. The topological polar surface area (TPSA) is 151 Å². The number of hydrogen-bond donors (Lipinski definition) is 4. The first kappa shape index (κ1) is 22.9. The van der Waals surface area contributed by atoms with E-state index in [4.69, 9.17) is 9.07 Å². The lowest BCUT2D eigenvalue weighted by molar-refractivity contribution is 0.0970. The average Bonchev–Trinajstić information content (AvgIpc) is 3.37. The summed E-state index contributed by atoms with van der Waals surface area (Å²) in [4.78, 5) is 13.3. The lowest BCUT2D eigenvalue weighted by Crippen LogP contribution is -2.29. The van der Waals surface area contributed by atoms with Crippen LogP contribution in [-0.4, -0.2) is 49.0 Å². The van der Waals surface area contributed by atoms with Crippen LogP contribution in [0, 0.1) is 6.92 Å². The third kappa shape index (κ3) is 4.58. The molecule has 1 atom stereocenters. The van der Waals surface area contributed by atoms with E-state index in [1.807, 2.05) is 44.2 Å². The fraction of sp³-hybridized carbons (Fsp3) is 0.261. The van der Waals surface area contributed by atoms with Crippen LogP contribution in [0.3, 0.4) is 0 Å². The number of anilines is 3. The van der Waals surface area contributed by atoms with Gasteiger partial charge in [-0.2, -0.15) is 0 Å². The summed E-state index contributed by atoms with van der Waals surface area (Å²) in [5.74, 6) is 1.48. The predicted molar refractivity (Wildman–Crippen MR) is 129 cm³/mol. The van der Waals surface area contributed by atoms with Gasteiger partial charge in [-0.05, 0) is 19.4 Å². The van der Waals surface area contributed by atoms with Crippen LogP contribution in [0.15, 0.2) is 53.2 Å². The Balaban J connectivity index is 1.49.